The van der Waals surface area contributed by atoms with E-state index >= 15 is 0 Å². The van der Waals surface area contributed by atoms with Crippen LogP contribution >= 0.6 is 0 Å². The van der Waals surface area contributed by atoms with E-state index in [4.69, 9.17) is 4.74 Å². The molecule has 0 aliphatic heterocycles. The smallest absolute Gasteiger partial charge is 0.243 e. The van der Waals surface area contributed by atoms with Crippen molar-refractivity contribution in [3.05, 3.63) is 60.7 Å². The molecule has 0 aliphatic carbocycles. The summed E-state index contributed by atoms with van der Waals surface area (Å²) < 4.78 is 5.60. The van der Waals surface area contributed by atoms with Crippen LogP contribution in [0.3, 0.4) is 0 Å². The Kier molecular flexibility index (Phi) is 7.63. The molecular weight excluding hydrogens is 354 g/mol. The number of carbonyl (C=O) groups is 2. The normalized spacial score (nSPS) is 10.3. The highest BCUT2D eigenvalue weighted by Crippen LogP contribution is 2.18. The first-order valence-electron chi connectivity index (χ1n) is 9.15. The van der Waals surface area contributed by atoms with Crippen molar-refractivity contribution >= 4 is 28.9 Å². The minimum absolute atomic E-state index is 0.0705. The summed E-state index contributed by atoms with van der Waals surface area (Å²) in [5, 5.41) is 8.70. The van der Waals surface area contributed by atoms with E-state index in [0.717, 1.165) is 11.3 Å². The summed E-state index contributed by atoms with van der Waals surface area (Å²) in [6.07, 6.45) is 0. The molecule has 0 atom stereocenters. The van der Waals surface area contributed by atoms with Crippen LogP contribution in [-0.4, -0.2) is 25.0 Å². The van der Waals surface area contributed by atoms with Crippen LogP contribution in [0.5, 0.6) is 5.75 Å². The van der Waals surface area contributed by atoms with Crippen LogP contribution in [0.2, 0.25) is 0 Å². The molecule has 0 heterocycles. The van der Waals surface area contributed by atoms with Crippen molar-refractivity contribution in [3.63, 3.8) is 0 Å². The Morgan fingerprint density at radius 2 is 1.64 bits per heavy atom. The maximum absolute atomic E-state index is 12.2. The monoisotopic (exact) mass is 381 g/mol. The molecule has 0 aromatic heterocycles. The summed E-state index contributed by atoms with van der Waals surface area (Å²) >= 11 is 0. The van der Waals surface area contributed by atoms with E-state index in [1.807, 2.05) is 45.0 Å². The Bertz CT molecular complexity index is 846. The summed E-state index contributed by atoms with van der Waals surface area (Å²) in [6.45, 7) is 9.91. The molecule has 6 heteroatoms. The quantitative estimate of drug-likeness (QED) is 0.566. The molecule has 2 aromatic carbocycles. The SMILES string of the molecule is C=C(C)COc1cccc(NCC(=O)Nc2cccc(NC(=O)C(C)C)c2)c1. The second-order valence-corrected chi connectivity index (χ2v) is 6.90. The molecule has 0 fully saturated rings. The van der Waals surface area contributed by atoms with Crippen molar-refractivity contribution in [2.75, 3.05) is 29.1 Å². The van der Waals surface area contributed by atoms with Crippen LogP contribution < -0.4 is 20.7 Å². The summed E-state index contributed by atoms with van der Waals surface area (Å²) in [5.41, 5.74) is 2.98. The van der Waals surface area contributed by atoms with E-state index in [1.165, 1.54) is 0 Å². The molecule has 0 saturated heterocycles. The van der Waals surface area contributed by atoms with Crippen molar-refractivity contribution in [2.24, 2.45) is 5.92 Å². The topological polar surface area (TPSA) is 79.5 Å². The van der Waals surface area contributed by atoms with Gasteiger partial charge in [-0.05, 0) is 42.8 Å². The summed E-state index contributed by atoms with van der Waals surface area (Å²) in [4.78, 5) is 24.0. The van der Waals surface area contributed by atoms with E-state index < -0.39 is 0 Å². The fraction of sp³-hybridized carbons (Fsp3) is 0.273. The second kappa shape index (κ2) is 10.2. The standard InChI is InChI=1S/C22H27N3O3/c1-15(2)14-28-20-10-6-7-17(12-20)23-13-21(26)24-18-8-5-9-19(11-18)25-22(27)16(3)4/h5-12,16,23H,1,13-14H2,2-4H3,(H,24,26)(H,25,27). The van der Waals surface area contributed by atoms with Crippen LogP contribution in [0, 0.1) is 5.92 Å². The lowest BCUT2D eigenvalue weighted by atomic mass is 10.2. The number of amides is 2. The van der Waals surface area contributed by atoms with Gasteiger partial charge in [0.25, 0.3) is 0 Å². The van der Waals surface area contributed by atoms with Crippen LogP contribution in [0.1, 0.15) is 20.8 Å². The van der Waals surface area contributed by atoms with Crippen LogP contribution in [0.15, 0.2) is 60.7 Å². The van der Waals surface area contributed by atoms with Gasteiger partial charge in [-0.1, -0.05) is 32.6 Å². The highest BCUT2D eigenvalue weighted by Gasteiger charge is 2.08. The third-order valence-electron chi connectivity index (χ3n) is 3.71. The Hall–Kier alpha value is -3.28. The lowest BCUT2D eigenvalue weighted by molar-refractivity contribution is -0.119. The lowest BCUT2D eigenvalue weighted by Crippen LogP contribution is -2.22. The number of anilines is 3. The molecule has 0 bridgehead atoms. The number of hydrogen-bond acceptors (Lipinski definition) is 4. The minimum atomic E-state index is -0.194. The fourth-order valence-corrected chi connectivity index (χ4v) is 2.25. The molecule has 2 amide bonds. The van der Waals surface area contributed by atoms with Gasteiger partial charge in [0.1, 0.15) is 12.4 Å². The van der Waals surface area contributed by atoms with E-state index in [-0.39, 0.29) is 24.3 Å². The third-order valence-corrected chi connectivity index (χ3v) is 3.71. The van der Waals surface area contributed by atoms with Crippen molar-refractivity contribution in [3.8, 4) is 5.75 Å². The molecule has 0 spiro atoms. The predicted molar refractivity (Wildman–Crippen MR) is 114 cm³/mol. The molecule has 0 saturated carbocycles. The number of nitrogens with one attached hydrogen (secondary N) is 3. The zero-order chi connectivity index (χ0) is 20.5. The maximum Gasteiger partial charge on any atom is 0.243 e. The Morgan fingerprint density at radius 1 is 1.00 bits per heavy atom. The number of ether oxygens (including phenoxy) is 1. The van der Waals surface area contributed by atoms with Gasteiger partial charge in [0.15, 0.2) is 0 Å². The molecule has 28 heavy (non-hydrogen) atoms. The van der Waals surface area contributed by atoms with Gasteiger partial charge in [0, 0.05) is 29.0 Å². The van der Waals surface area contributed by atoms with Crippen molar-refractivity contribution in [1.29, 1.82) is 0 Å². The summed E-state index contributed by atoms with van der Waals surface area (Å²) in [5.74, 6) is 0.332. The molecule has 148 valence electrons. The predicted octanol–water partition coefficient (Wildman–Crippen LogP) is 4.29. The summed E-state index contributed by atoms with van der Waals surface area (Å²) in [7, 11) is 0. The average molecular weight is 381 g/mol. The first kappa shape index (κ1) is 21.0. The van der Waals surface area contributed by atoms with Gasteiger partial charge in [-0.2, -0.15) is 0 Å². The van der Waals surface area contributed by atoms with Crippen LogP contribution in [0.25, 0.3) is 0 Å². The first-order chi connectivity index (χ1) is 13.3. The average Bonchev–Trinajstić information content (AvgIpc) is 2.65. The first-order valence-corrected chi connectivity index (χ1v) is 9.15. The molecule has 2 aromatic rings. The minimum Gasteiger partial charge on any atom is -0.489 e. The zero-order valence-corrected chi connectivity index (χ0v) is 16.5. The van der Waals surface area contributed by atoms with Crippen molar-refractivity contribution in [2.45, 2.75) is 20.8 Å². The van der Waals surface area contributed by atoms with Gasteiger partial charge in [0.2, 0.25) is 11.8 Å². The van der Waals surface area contributed by atoms with Crippen molar-refractivity contribution < 1.29 is 14.3 Å². The van der Waals surface area contributed by atoms with Gasteiger partial charge in [0.05, 0.1) is 6.54 Å². The molecule has 3 N–H and O–H groups in total. The van der Waals surface area contributed by atoms with E-state index in [1.54, 1.807) is 24.3 Å². The Balaban J connectivity index is 1.88. The van der Waals surface area contributed by atoms with Gasteiger partial charge in [-0.25, -0.2) is 0 Å². The van der Waals surface area contributed by atoms with Gasteiger partial charge in [-0.15, -0.1) is 0 Å². The largest absolute Gasteiger partial charge is 0.489 e. The highest BCUT2D eigenvalue weighted by atomic mass is 16.5. The molecule has 0 unspecified atom stereocenters. The Morgan fingerprint density at radius 3 is 2.32 bits per heavy atom. The third kappa shape index (κ3) is 7.15. The maximum atomic E-state index is 12.2. The van der Waals surface area contributed by atoms with Crippen LogP contribution in [0.4, 0.5) is 17.1 Å². The molecule has 2 rings (SSSR count). The van der Waals surface area contributed by atoms with Gasteiger partial charge in [-0.3, -0.25) is 9.59 Å². The van der Waals surface area contributed by atoms with E-state index in [9.17, 15) is 9.59 Å². The molecule has 0 aliphatic rings. The number of hydrogen-bond donors (Lipinski definition) is 3. The van der Waals surface area contributed by atoms with Gasteiger partial charge >= 0.3 is 0 Å². The van der Waals surface area contributed by atoms with Crippen LogP contribution in [-0.2, 0) is 9.59 Å². The highest BCUT2D eigenvalue weighted by molar-refractivity contribution is 5.96. The van der Waals surface area contributed by atoms with E-state index in [2.05, 4.69) is 22.5 Å². The zero-order valence-electron chi connectivity index (χ0n) is 16.5. The summed E-state index contributed by atoms with van der Waals surface area (Å²) in [6, 6.07) is 14.5. The lowest BCUT2D eigenvalue weighted by Gasteiger charge is -2.12. The fourth-order valence-electron chi connectivity index (χ4n) is 2.25. The molecule has 6 nitrogen and oxygen atoms in total. The van der Waals surface area contributed by atoms with Gasteiger partial charge < -0.3 is 20.7 Å². The second-order valence-electron chi connectivity index (χ2n) is 6.90. The number of benzene rings is 2. The number of carbonyl (C=O) groups excluding carboxylic acids is 2. The van der Waals surface area contributed by atoms with E-state index in [0.29, 0.717) is 23.7 Å². The Labute approximate surface area is 166 Å². The number of rotatable bonds is 9. The molecule has 0 radical (unpaired) electrons. The molecular formula is C22H27N3O3. The van der Waals surface area contributed by atoms with Crippen molar-refractivity contribution in [1.82, 2.24) is 0 Å².